The Morgan fingerprint density at radius 1 is 1.17 bits per heavy atom. The van der Waals surface area contributed by atoms with Crippen LogP contribution in [0.25, 0.3) is 0 Å². The highest BCUT2D eigenvalue weighted by Gasteiger charge is 2.59. The first kappa shape index (κ1) is 22.8. The molecule has 1 spiro atoms. The van der Waals surface area contributed by atoms with E-state index in [0.717, 1.165) is 22.4 Å². The van der Waals surface area contributed by atoms with Gasteiger partial charge in [-0.2, -0.15) is 5.26 Å². The van der Waals surface area contributed by atoms with Crippen LogP contribution in [0.5, 0.6) is 5.75 Å². The van der Waals surface area contributed by atoms with Gasteiger partial charge in [0, 0.05) is 29.6 Å². The van der Waals surface area contributed by atoms with Gasteiger partial charge in [-0.3, -0.25) is 9.69 Å². The number of fused-ring (bicyclic) bond motifs is 2. The van der Waals surface area contributed by atoms with Crippen molar-refractivity contribution in [2.75, 3.05) is 29.6 Å². The third-order valence-electron chi connectivity index (χ3n) is 6.31. The number of thioether (sulfide) groups is 1. The summed E-state index contributed by atoms with van der Waals surface area (Å²) in [5.74, 6) is 1.13. The summed E-state index contributed by atoms with van der Waals surface area (Å²) in [5.41, 5.74) is 4.63. The zero-order valence-corrected chi connectivity index (χ0v) is 20.3. The number of anilines is 2. The predicted octanol–water partition coefficient (Wildman–Crippen LogP) is 4.86. The molecular weight excluding hydrogens is 460 g/mol. The molecule has 176 valence electrons. The maximum atomic E-state index is 14.1. The van der Waals surface area contributed by atoms with Crippen molar-refractivity contribution in [2.45, 2.75) is 18.3 Å². The van der Waals surface area contributed by atoms with Gasteiger partial charge in [-0.05, 0) is 42.8 Å². The van der Waals surface area contributed by atoms with E-state index >= 15 is 0 Å². The molecule has 0 aromatic heterocycles. The third-order valence-corrected chi connectivity index (χ3v) is 7.73. The minimum Gasteiger partial charge on any atom is -0.497 e. The number of methoxy groups -OCH3 is 1. The third kappa shape index (κ3) is 3.88. The molecule has 0 saturated carbocycles. The van der Waals surface area contributed by atoms with E-state index in [-0.39, 0.29) is 11.9 Å². The number of urea groups is 1. The standard InChI is InChI=1S/C27H24N4O3S/c1-18-9-10-24-23(13-18)27(25(32)30(24)17-20-6-3-5-19(14-20)16-28)31(11-12-35-27)26(33)29-21-7-4-8-22(15-21)34-2/h3-10,13-15H,11-12,17H2,1-2H3,(H,29,33)/t27-/m0/s1. The van der Waals surface area contributed by atoms with E-state index in [9.17, 15) is 14.9 Å². The molecule has 5 rings (SSSR count). The minimum absolute atomic E-state index is 0.149. The van der Waals surface area contributed by atoms with Crippen LogP contribution in [-0.2, 0) is 16.2 Å². The topological polar surface area (TPSA) is 85.7 Å². The lowest BCUT2D eigenvalue weighted by Crippen LogP contribution is -2.51. The van der Waals surface area contributed by atoms with Crippen LogP contribution in [0, 0.1) is 18.3 Å². The highest BCUT2D eigenvalue weighted by atomic mass is 32.2. The lowest BCUT2D eigenvalue weighted by atomic mass is 10.0. The van der Waals surface area contributed by atoms with E-state index in [0.29, 0.717) is 35.8 Å². The number of carbonyl (C=O) groups is 2. The molecule has 1 fully saturated rings. The Labute approximate surface area is 208 Å². The maximum absolute atomic E-state index is 14.1. The van der Waals surface area contributed by atoms with Crippen molar-refractivity contribution in [3.63, 3.8) is 0 Å². The molecule has 7 nitrogen and oxygen atoms in total. The summed E-state index contributed by atoms with van der Waals surface area (Å²) in [6.45, 7) is 2.74. The Bertz CT molecular complexity index is 1370. The summed E-state index contributed by atoms with van der Waals surface area (Å²) in [4.78, 5) is 29.9. The fraction of sp³-hybridized carbons (Fsp3) is 0.222. The first-order valence-corrected chi connectivity index (χ1v) is 12.2. The molecular formula is C27H24N4O3S. The molecule has 0 radical (unpaired) electrons. The summed E-state index contributed by atoms with van der Waals surface area (Å²) in [6.07, 6.45) is 0. The fourth-order valence-corrected chi connectivity index (χ4v) is 6.15. The lowest BCUT2D eigenvalue weighted by Gasteiger charge is -2.33. The molecule has 2 aliphatic heterocycles. The summed E-state index contributed by atoms with van der Waals surface area (Å²) in [5, 5.41) is 12.2. The van der Waals surface area contributed by atoms with Gasteiger partial charge in [0.2, 0.25) is 0 Å². The van der Waals surface area contributed by atoms with Crippen LogP contribution >= 0.6 is 11.8 Å². The van der Waals surface area contributed by atoms with Gasteiger partial charge in [0.05, 0.1) is 31.0 Å². The number of amides is 3. The molecule has 2 aliphatic rings. The van der Waals surface area contributed by atoms with Crippen molar-refractivity contribution >= 4 is 35.1 Å². The normalized spacial score (nSPS) is 18.5. The molecule has 1 saturated heterocycles. The van der Waals surface area contributed by atoms with Crippen LogP contribution in [0.15, 0.2) is 66.7 Å². The molecule has 3 aromatic rings. The number of nitrogens with one attached hydrogen (secondary N) is 1. The van der Waals surface area contributed by atoms with E-state index in [4.69, 9.17) is 4.74 Å². The molecule has 3 aromatic carbocycles. The number of ether oxygens (including phenoxy) is 1. The molecule has 0 bridgehead atoms. The van der Waals surface area contributed by atoms with E-state index < -0.39 is 4.87 Å². The average Bonchev–Trinajstić information content (AvgIpc) is 3.41. The Morgan fingerprint density at radius 2 is 2.00 bits per heavy atom. The molecule has 0 unspecified atom stereocenters. The molecule has 35 heavy (non-hydrogen) atoms. The molecule has 0 aliphatic carbocycles. The maximum Gasteiger partial charge on any atom is 0.323 e. The van der Waals surface area contributed by atoms with Gasteiger partial charge in [0.25, 0.3) is 5.91 Å². The van der Waals surface area contributed by atoms with Gasteiger partial charge >= 0.3 is 6.03 Å². The Balaban J connectivity index is 1.52. The number of aryl methyl sites for hydroxylation is 1. The Hall–Kier alpha value is -3.96. The number of benzene rings is 3. The van der Waals surface area contributed by atoms with Crippen molar-refractivity contribution in [1.82, 2.24) is 4.90 Å². The Kier molecular flexibility index (Phi) is 5.87. The van der Waals surface area contributed by atoms with Gasteiger partial charge in [-0.25, -0.2) is 4.79 Å². The fourth-order valence-electron chi connectivity index (χ4n) is 4.70. The molecule has 3 amide bonds. The average molecular weight is 485 g/mol. The van der Waals surface area contributed by atoms with Gasteiger partial charge in [-0.15, -0.1) is 11.8 Å². The van der Waals surface area contributed by atoms with Gasteiger partial charge in [-0.1, -0.05) is 35.9 Å². The summed E-state index contributed by atoms with van der Waals surface area (Å²) >= 11 is 1.49. The first-order chi connectivity index (χ1) is 17.0. The summed E-state index contributed by atoms with van der Waals surface area (Å²) in [6, 6.07) is 22.2. The van der Waals surface area contributed by atoms with Crippen LogP contribution in [0.3, 0.4) is 0 Å². The SMILES string of the molecule is COc1cccc(NC(=O)N2CCS[C@@]23C(=O)N(Cc2cccc(C#N)c2)c2ccc(C)cc23)c1. The van der Waals surface area contributed by atoms with Gasteiger partial charge in [0.15, 0.2) is 4.87 Å². The molecule has 2 heterocycles. The van der Waals surface area contributed by atoms with Crippen molar-refractivity contribution in [3.05, 3.63) is 89.0 Å². The van der Waals surface area contributed by atoms with Crippen LogP contribution in [-0.4, -0.2) is 36.2 Å². The van der Waals surface area contributed by atoms with Crippen molar-refractivity contribution in [1.29, 1.82) is 5.26 Å². The van der Waals surface area contributed by atoms with E-state index in [2.05, 4.69) is 11.4 Å². The van der Waals surface area contributed by atoms with Gasteiger partial charge in [0.1, 0.15) is 5.75 Å². The second-order valence-electron chi connectivity index (χ2n) is 8.53. The van der Waals surface area contributed by atoms with Crippen LogP contribution < -0.4 is 15.0 Å². The van der Waals surface area contributed by atoms with Gasteiger partial charge < -0.3 is 15.0 Å². The van der Waals surface area contributed by atoms with Crippen LogP contribution in [0.2, 0.25) is 0 Å². The largest absolute Gasteiger partial charge is 0.497 e. The van der Waals surface area contributed by atoms with Crippen LogP contribution in [0.4, 0.5) is 16.2 Å². The summed E-state index contributed by atoms with van der Waals surface area (Å²) in [7, 11) is 1.57. The predicted molar refractivity (Wildman–Crippen MR) is 136 cm³/mol. The van der Waals surface area contributed by atoms with E-state index in [1.807, 2.05) is 43.3 Å². The zero-order valence-electron chi connectivity index (χ0n) is 19.4. The summed E-state index contributed by atoms with van der Waals surface area (Å²) < 4.78 is 5.27. The second-order valence-corrected chi connectivity index (χ2v) is 9.82. The second kappa shape index (κ2) is 9.01. The van der Waals surface area contributed by atoms with Crippen LogP contribution in [0.1, 0.15) is 22.3 Å². The number of hydrogen-bond donors (Lipinski definition) is 1. The van der Waals surface area contributed by atoms with Crippen molar-refractivity contribution in [2.24, 2.45) is 0 Å². The quantitative estimate of drug-likeness (QED) is 0.572. The van der Waals surface area contributed by atoms with Crippen molar-refractivity contribution in [3.8, 4) is 11.8 Å². The number of rotatable bonds is 4. The Morgan fingerprint density at radius 3 is 2.80 bits per heavy atom. The number of nitrogens with zero attached hydrogens (tertiary/aromatic N) is 3. The van der Waals surface area contributed by atoms with E-state index in [1.54, 1.807) is 47.2 Å². The highest BCUT2D eigenvalue weighted by molar-refractivity contribution is 8.01. The van der Waals surface area contributed by atoms with E-state index in [1.165, 1.54) is 11.8 Å². The molecule has 1 N–H and O–H groups in total. The smallest absolute Gasteiger partial charge is 0.323 e. The number of nitriles is 1. The number of hydrogen-bond acceptors (Lipinski definition) is 5. The highest BCUT2D eigenvalue weighted by Crippen LogP contribution is 2.54. The minimum atomic E-state index is -1.14. The van der Waals surface area contributed by atoms with Crippen molar-refractivity contribution < 1.29 is 14.3 Å². The molecule has 1 atom stereocenters. The number of carbonyl (C=O) groups excluding carboxylic acids is 2. The lowest BCUT2D eigenvalue weighted by molar-refractivity contribution is -0.123. The zero-order chi connectivity index (χ0) is 24.6. The first-order valence-electron chi connectivity index (χ1n) is 11.2. The molecule has 8 heteroatoms. The monoisotopic (exact) mass is 484 g/mol.